The van der Waals surface area contributed by atoms with E-state index in [0.717, 1.165) is 0 Å². The van der Waals surface area contributed by atoms with E-state index in [0.29, 0.717) is 5.25 Å². The fourth-order valence-corrected chi connectivity index (χ4v) is 1.78. The van der Waals surface area contributed by atoms with Crippen molar-refractivity contribution in [1.82, 2.24) is 0 Å². The summed E-state index contributed by atoms with van der Waals surface area (Å²) in [6.45, 7) is 7.78. The van der Waals surface area contributed by atoms with Crippen LogP contribution in [0.25, 0.3) is 0 Å². The predicted molar refractivity (Wildman–Crippen MR) is 51.9 cm³/mol. The van der Waals surface area contributed by atoms with E-state index in [1.54, 1.807) is 0 Å². The zero-order chi connectivity index (χ0) is 8.85. The minimum Gasteiger partial charge on any atom is -0.454 e. The average Bonchev–Trinajstić information content (AvgIpc) is 1.82. The molecular weight excluding hydrogens is 180 g/mol. The first-order valence-electron chi connectivity index (χ1n) is 3.56. The average molecular weight is 194 g/mol. The molecule has 0 saturated carbocycles. The van der Waals surface area contributed by atoms with Crippen LogP contribution in [0.4, 0.5) is 4.79 Å². The zero-order valence-corrected chi connectivity index (χ0v) is 8.92. The Bertz CT molecular complexity index is 124. The molecule has 0 aromatic rings. The molecule has 0 aliphatic heterocycles. The van der Waals surface area contributed by atoms with Crippen LogP contribution < -0.4 is 0 Å². The van der Waals surface area contributed by atoms with Gasteiger partial charge in [0, 0.05) is 16.0 Å². The van der Waals surface area contributed by atoms with Gasteiger partial charge in [-0.1, -0.05) is 24.6 Å². The van der Waals surface area contributed by atoms with E-state index in [1.165, 1.54) is 21.6 Å². The highest BCUT2D eigenvalue weighted by atomic mass is 33.1. The van der Waals surface area contributed by atoms with Gasteiger partial charge in [0.25, 0.3) is 0 Å². The highest BCUT2D eigenvalue weighted by Crippen LogP contribution is 2.28. The summed E-state index contributed by atoms with van der Waals surface area (Å²) in [6, 6.07) is 0. The van der Waals surface area contributed by atoms with Crippen molar-refractivity contribution in [2.75, 3.05) is 0 Å². The molecule has 66 valence electrons. The van der Waals surface area contributed by atoms with Gasteiger partial charge in [0.2, 0.25) is 0 Å². The molecule has 2 nitrogen and oxygen atoms in total. The van der Waals surface area contributed by atoms with Crippen LogP contribution in [0, 0.1) is 0 Å². The maximum atomic E-state index is 10.9. The van der Waals surface area contributed by atoms with E-state index in [4.69, 9.17) is 4.74 Å². The molecular formula is C7H14O2S2. The zero-order valence-electron chi connectivity index (χ0n) is 7.29. The van der Waals surface area contributed by atoms with Gasteiger partial charge >= 0.3 is 5.30 Å². The van der Waals surface area contributed by atoms with Gasteiger partial charge in [-0.05, 0) is 13.8 Å². The number of rotatable bonds is 3. The quantitative estimate of drug-likeness (QED) is 0.508. The van der Waals surface area contributed by atoms with Gasteiger partial charge in [-0.15, -0.1) is 0 Å². The highest BCUT2D eigenvalue weighted by Gasteiger charge is 2.07. The Labute approximate surface area is 75.9 Å². The molecule has 0 atom stereocenters. The van der Waals surface area contributed by atoms with Crippen LogP contribution in [0.1, 0.15) is 27.7 Å². The first-order valence-corrected chi connectivity index (χ1v) is 5.77. The van der Waals surface area contributed by atoms with Crippen LogP contribution in [0.15, 0.2) is 0 Å². The monoisotopic (exact) mass is 194 g/mol. The Morgan fingerprint density at radius 1 is 1.27 bits per heavy atom. The third-order valence-electron chi connectivity index (χ3n) is 0.641. The Morgan fingerprint density at radius 2 is 1.82 bits per heavy atom. The van der Waals surface area contributed by atoms with Crippen LogP contribution in [-0.4, -0.2) is 16.7 Å². The van der Waals surface area contributed by atoms with Crippen molar-refractivity contribution in [3.8, 4) is 0 Å². The second-order valence-corrected chi connectivity index (χ2v) is 5.36. The molecule has 0 rings (SSSR count). The van der Waals surface area contributed by atoms with E-state index in [9.17, 15) is 4.79 Å². The predicted octanol–water partition coefficient (Wildman–Crippen LogP) is 3.32. The molecule has 0 aromatic carbocycles. The summed E-state index contributed by atoms with van der Waals surface area (Å²) in [5.41, 5.74) is 0. The molecule has 11 heavy (non-hydrogen) atoms. The minimum absolute atomic E-state index is 0.0113. The Hall–Kier alpha value is 0.170. The number of hydrogen-bond acceptors (Lipinski definition) is 4. The van der Waals surface area contributed by atoms with Crippen LogP contribution in [-0.2, 0) is 4.74 Å². The summed E-state index contributed by atoms with van der Waals surface area (Å²) < 4.78 is 4.90. The summed E-state index contributed by atoms with van der Waals surface area (Å²) in [5, 5.41) is 0.262. The molecule has 0 bridgehead atoms. The van der Waals surface area contributed by atoms with Crippen molar-refractivity contribution < 1.29 is 9.53 Å². The summed E-state index contributed by atoms with van der Waals surface area (Å²) in [4.78, 5) is 10.9. The van der Waals surface area contributed by atoms with Crippen LogP contribution >= 0.6 is 21.6 Å². The van der Waals surface area contributed by atoms with E-state index < -0.39 is 0 Å². The molecule has 0 fully saturated rings. The molecule has 0 saturated heterocycles. The summed E-state index contributed by atoms with van der Waals surface area (Å²) in [6.07, 6.45) is -0.0113. The molecule has 4 heteroatoms. The molecule has 0 radical (unpaired) electrons. The van der Waals surface area contributed by atoms with Gasteiger partial charge in [-0.2, -0.15) is 0 Å². The number of ether oxygens (including phenoxy) is 1. The SMILES string of the molecule is CC(C)OC(=O)SSC(C)C. The fraction of sp³-hybridized carbons (Fsp3) is 0.857. The minimum atomic E-state index is -0.196. The van der Waals surface area contributed by atoms with Crippen LogP contribution in [0.3, 0.4) is 0 Å². The Balaban J connectivity index is 3.38. The van der Waals surface area contributed by atoms with E-state index in [-0.39, 0.29) is 11.4 Å². The van der Waals surface area contributed by atoms with Gasteiger partial charge in [0.05, 0.1) is 6.10 Å². The Kier molecular flexibility index (Phi) is 5.86. The van der Waals surface area contributed by atoms with Crippen molar-refractivity contribution in [2.45, 2.75) is 39.0 Å². The lowest BCUT2D eigenvalue weighted by Crippen LogP contribution is -2.05. The first kappa shape index (κ1) is 11.2. The van der Waals surface area contributed by atoms with E-state index in [1.807, 2.05) is 27.7 Å². The topological polar surface area (TPSA) is 26.3 Å². The summed E-state index contributed by atoms with van der Waals surface area (Å²) in [5.74, 6) is 0. The number of hydrogen-bond donors (Lipinski definition) is 0. The highest BCUT2D eigenvalue weighted by molar-refractivity contribution is 8.82. The second-order valence-electron chi connectivity index (χ2n) is 2.64. The summed E-state index contributed by atoms with van der Waals surface area (Å²) >= 11 is 0. The van der Waals surface area contributed by atoms with E-state index in [2.05, 4.69) is 0 Å². The van der Waals surface area contributed by atoms with Gasteiger partial charge < -0.3 is 4.74 Å². The van der Waals surface area contributed by atoms with Crippen molar-refractivity contribution in [1.29, 1.82) is 0 Å². The molecule has 0 unspecified atom stereocenters. The smallest absolute Gasteiger partial charge is 0.378 e. The van der Waals surface area contributed by atoms with Crippen molar-refractivity contribution >= 4 is 26.9 Å². The number of carbonyl (C=O) groups is 1. The van der Waals surface area contributed by atoms with E-state index >= 15 is 0 Å². The van der Waals surface area contributed by atoms with Crippen molar-refractivity contribution in [2.24, 2.45) is 0 Å². The molecule has 0 amide bonds. The lowest BCUT2D eigenvalue weighted by Gasteiger charge is -2.07. The van der Waals surface area contributed by atoms with Gasteiger partial charge in [-0.25, -0.2) is 4.79 Å². The largest absolute Gasteiger partial charge is 0.454 e. The Morgan fingerprint density at radius 3 is 2.18 bits per heavy atom. The molecule has 0 spiro atoms. The lowest BCUT2D eigenvalue weighted by atomic mass is 10.5. The van der Waals surface area contributed by atoms with Crippen LogP contribution in [0.5, 0.6) is 0 Å². The fourth-order valence-electron chi connectivity index (χ4n) is 0.348. The normalized spacial score (nSPS) is 10.7. The maximum absolute atomic E-state index is 10.9. The third-order valence-corrected chi connectivity index (χ3v) is 3.21. The van der Waals surface area contributed by atoms with Crippen molar-refractivity contribution in [3.05, 3.63) is 0 Å². The lowest BCUT2D eigenvalue weighted by molar-refractivity contribution is 0.143. The van der Waals surface area contributed by atoms with Gasteiger partial charge in [0.15, 0.2) is 0 Å². The molecule has 0 aliphatic carbocycles. The number of carbonyl (C=O) groups excluding carboxylic acids is 1. The van der Waals surface area contributed by atoms with Crippen LogP contribution in [0.2, 0.25) is 0 Å². The molecule has 0 aliphatic rings. The molecule has 0 N–H and O–H groups in total. The standard InChI is InChI=1S/C7H14O2S2/c1-5(2)9-7(8)11-10-6(3)4/h5-6H,1-4H3. The molecule has 0 heterocycles. The van der Waals surface area contributed by atoms with Gasteiger partial charge in [0.1, 0.15) is 0 Å². The summed E-state index contributed by atoms with van der Waals surface area (Å²) in [7, 11) is 2.69. The van der Waals surface area contributed by atoms with Crippen molar-refractivity contribution in [3.63, 3.8) is 0 Å². The first-order chi connectivity index (χ1) is 5.02. The third kappa shape index (κ3) is 8.07. The molecule has 0 aromatic heterocycles. The van der Waals surface area contributed by atoms with Gasteiger partial charge in [-0.3, -0.25) is 0 Å². The maximum Gasteiger partial charge on any atom is 0.378 e. The second kappa shape index (κ2) is 5.77.